The molecule has 138 valence electrons. The maximum atomic E-state index is 13.8. The normalized spacial score (nSPS) is 10.6. The maximum Gasteiger partial charge on any atom is 0.274 e. The number of hydrogen-bond acceptors (Lipinski definition) is 4. The van der Waals surface area contributed by atoms with Gasteiger partial charge in [0.15, 0.2) is 0 Å². The highest BCUT2D eigenvalue weighted by atomic mass is 19.1. The number of amides is 1. The first-order valence-corrected chi connectivity index (χ1v) is 8.29. The van der Waals surface area contributed by atoms with Crippen LogP contribution in [0.4, 0.5) is 26.0 Å². The predicted octanol–water partition coefficient (Wildman–Crippen LogP) is 4.68. The maximum absolute atomic E-state index is 13.8. The molecule has 1 amide bonds. The molecular formula is C20H18F2N4O. The summed E-state index contributed by atoms with van der Waals surface area (Å²) in [4.78, 5) is 20.7. The summed E-state index contributed by atoms with van der Waals surface area (Å²) in [6.07, 6.45) is 0. The summed E-state index contributed by atoms with van der Waals surface area (Å²) in [6.45, 7) is 5.52. The Hall–Kier alpha value is -3.35. The molecular weight excluding hydrogens is 350 g/mol. The van der Waals surface area contributed by atoms with Crippen LogP contribution in [0.25, 0.3) is 0 Å². The van der Waals surface area contributed by atoms with Crippen molar-refractivity contribution in [2.75, 3.05) is 10.6 Å². The number of hydrogen-bond donors (Lipinski definition) is 2. The van der Waals surface area contributed by atoms with Crippen molar-refractivity contribution < 1.29 is 13.6 Å². The molecule has 2 N–H and O–H groups in total. The zero-order valence-electron chi connectivity index (χ0n) is 15.1. The predicted molar refractivity (Wildman–Crippen MR) is 100 cm³/mol. The lowest BCUT2D eigenvalue weighted by molar-refractivity contribution is 0.102. The third-order valence-electron chi connectivity index (χ3n) is 4.05. The van der Waals surface area contributed by atoms with Gasteiger partial charge in [0.2, 0.25) is 0 Å². The van der Waals surface area contributed by atoms with Crippen molar-refractivity contribution in [1.29, 1.82) is 0 Å². The lowest BCUT2D eigenvalue weighted by Gasteiger charge is -2.11. The summed E-state index contributed by atoms with van der Waals surface area (Å²) in [7, 11) is 0. The fourth-order valence-electron chi connectivity index (χ4n) is 2.51. The smallest absolute Gasteiger partial charge is 0.274 e. The van der Waals surface area contributed by atoms with Crippen LogP contribution >= 0.6 is 0 Å². The Kier molecular flexibility index (Phi) is 5.12. The van der Waals surface area contributed by atoms with Gasteiger partial charge in [0.25, 0.3) is 5.91 Å². The Morgan fingerprint density at radius 2 is 1.63 bits per heavy atom. The minimum atomic E-state index is -0.757. The van der Waals surface area contributed by atoms with Crippen molar-refractivity contribution >= 4 is 23.1 Å². The van der Waals surface area contributed by atoms with Gasteiger partial charge in [0.1, 0.15) is 34.7 Å². The van der Waals surface area contributed by atoms with Crippen molar-refractivity contribution in [2.24, 2.45) is 0 Å². The van der Waals surface area contributed by atoms with E-state index < -0.39 is 17.5 Å². The van der Waals surface area contributed by atoms with Gasteiger partial charge in [0.05, 0.1) is 0 Å². The molecule has 1 aromatic heterocycles. The van der Waals surface area contributed by atoms with E-state index in [-0.39, 0.29) is 17.2 Å². The van der Waals surface area contributed by atoms with Crippen LogP contribution < -0.4 is 10.6 Å². The van der Waals surface area contributed by atoms with E-state index in [1.54, 1.807) is 13.0 Å². The molecule has 0 fully saturated rings. The average molecular weight is 368 g/mol. The van der Waals surface area contributed by atoms with Crippen molar-refractivity contribution in [3.8, 4) is 0 Å². The summed E-state index contributed by atoms with van der Waals surface area (Å²) in [5, 5.41) is 5.34. The summed E-state index contributed by atoms with van der Waals surface area (Å²) in [6, 6.07) is 10.4. The zero-order chi connectivity index (χ0) is 19.6. The molecule has 0 spiro atoms. The SMILES string of the molecule is Cc1nc(Nc2c(F)cccc2F)cc(C(=O)Nc2ccc(C)c(C)c2)n1. The van der Waals surface area contributed by atoms with Gasteiger partial charge in [-0.15, -0.1) is 0 Å². The molecule has 0 aliphatic rings. The lowest BCUT2D eigenvalue weighted by atomic mass is 10.1. The number of nitrogens with zero attached hydrogens (tertiary/aromatic N) is 2. The largest absolute Gasteiger partial charge is 0.335 e. The van der Waals surface area contributed by atoms with Crippen LogP contribution in [0.3, 0.4) is 0 Å². The molecule has 0 saturated heterocycles. The molecule has 7 heteroatoms. The van der Waals surface area contributed by atoms with Gasteiger partial charge in [-0.2, -0.15) is 0 Å². The number of aryl methyl sites for hydroxylation is 3. The lowest BCUT2D eigenvalue weighted by Crippen LogP contribution is -2.15. The van der Waals surface area contributed by atoms with Gasteiger partial charge < -0.3 is 10.6 Å². The molecule has 0 aliphatic carbocycles. The van der Waals surface area contributed by atoms with Crippen molar-refractivity contribution in [1.82, 2.24) is 9.97 Å². The molecule has 5 nitrogen and oxygen atoms in total. The fourth-order valence-corrected chi connectivity index (χ4v) is 2.51. The van der Waals surface area contributed by atoms with Crippen LogP contribution in [0.5, 0.6) is 0 Å². The first kappa shape index (κ1) is 18.4. The topological polar surface area (TPSA) is 66.9 Å². The summed E-state index contributed by atoms with van der Waals surface area (Å²) in [5.74, 6) is -1.54. The molecule has 3 rings (SSSR count). The van der Waals surface area contributed by atoms with E-state index >= 15 is 0 Å². The van der Waals surface area contributed by atoms with Crippen LogP contribution in [0, 0.1) is 32.4 Å². The average Bonchev–Trinajstić information content (AvgIpc) is 2.61. The van der Waals surface area contributed by atoms with Gasteiger partial charge in [-0.1, -0.05) is 12.1 Å². The molecule has 0 bridgehead atoms. The minimum absolute atomic E-state index is 0.0833. The number of carbonyl (C=O) groups is 1. The Labute approximate surface area is 155 Å². The Bertz CT molecular complexity index is 1000. The Morgan fingerprint density at radius 1 is 0.926 bits per heavy atom. The molecule has 0 atom stereocenters. The second-order valence-electron chi connectivity index (χ2n) is 6.16. The van der Waals surface area contributed by atoms with Crippen LogP contribution in [0.1, 0.15) is 27.4 Å². The third kappa shape index (κ3) is 4.25. The first-order valence-electron chi connectivity index (χ1n) is 8.29. The van der Waals surface area contributed by atoms with E-state index in [0.717, 1.165) is 23.3 Å². The number of para-hydroxylation sites is 1. The van der Waals surface area contributed by atoms with E-state index in [1.807, 2.05) is 26.0 Å². The molecule has 0 saturated carbocycles. The second kappa shape index (κ2) is 7.49. The fraction of sp³-hybridized carbons (Fsp3) is 0.150. The van der Waals surface area contributed by atoms with Crippen molar-refractivity contribution in [3.63, 3.8) is 0 Å². The molecule has 0 radical (unpaired) electrons. The number of halogens is 2. The highest BCUT2D eigenvalue weighted by molar-refractivity contribution is 6.03. The molecule has 3 aromatic rings. The van der Waals surface area contributed by atoms with Crippen LogP contribution in [-0.2, 0) is 0 Å². The highest BCUT2D eigenvalue weighted by Gasteiger charge is 2.14. The van der Waals surface area contributed by atoms with Gasteiger partial charge in [-0.3, -0.25) is 4.79 Å². The number of aromatic nitrogens is 2. The first-order chi connectivity index (χ1) is 12.8. The summed E-state index contributed by atoms with van der Waals surface area (Å²) < 4.78 is 27.7. The van der Waals surface area contributed by atoms with Crippen molar-refractivity contribution in [2.45, 2.75) is 20.8 Å². The van der Waals surface area contributed by atoms with E-state index in [1.165, 1.54) is 12.1 Å². The third-order valence-corrected chi connectivity index (χ3v) is 4.05. The van der Waals surface area contributed by atoms with Crippen LogP contribution in [0.2, 0.25) is 0 Å². The molecule has 0 unspecified atom stereocenters. The number of carbonyl (C=O) groups excluding carboxylic acids is 1. The van der Waals surface area contributed by atoms with Crippen LogP contribution in [-0.4, -0.2) is 15.9 Å². The Balaban J connectivity index is 1.86. The van der Waals surface area contributed by atoms with Crippen molar-refractivity contribution in [3.05, 3.63) is 76.7 Å². The molecule has 2 aromatic carbocycles. The van der Waals surface area contributed by atoms with E-state index in [4.69, 9.17) is 0 Å². The van der Waals surface area contributed by atoms with E-state index in [0.29, 0.717) is 11.5 Å². The van der Waals surface area contributed by atoms with Gasteiger partial charge in [0, 0.05) is 11.8 Å². The molecule has 1 heterocycles. The highest BCUT2D eigenvalue weighted by Crippen LogP contribution is 2.23. The number of benzene rings is 2. The van der Waals surface area contributed by atoms with Gasteiger partial charge in [-0.25, -0.2) is 18.7 Å². The quantitative estimate of drug-likeness (QED) is 0.702. The second-order valence-corrected chi connectivity index (χ2v) is 6.16. The minimum Gasteiger partial charge on any atom is -0.335 e. The Morgan fingerprint density at radius 3 is 2.30 bits per heavy atom. The van der Waals surface area contributed by atoms with Gasteiger partial charge >= 0.3 is 0 Å². The number of nitrogens with one attached hydrogen (secondary N) is 2. The number of rotatable bonds is 4. The molecule has 27 heavy (non-hydrogen) atoms. The number of anilines is 3. The summed E-state index contributed by atoms with van der Waals surface area (Å²) in [5.41, 5.74) is 2.54. The summed E-state index contributed by atoms with van der Waals surface area (Å²) >= 11 is 0. The van der Waals surface area contributed by atoms with E-state index in [9.17, 15) is 13.6 Å². The zero-order valence-corrected chi connectivity index (χ0v) is 15.1. The van der Waals surface area contributed by atoms with Crippen LogP contribution in [0.15, 0.2) is 42.5 Å². The monoisotopic (exact) mass is 368 g/mol. The van der Waals surface area contributed by atoms with E-state index in [2.05, 4.69) is 20.6 Å². The standard InChI is InChI=1S/C20H18F2N4O/c1-11-7-8-14(9-12(11)2)25-20(27)17-10-18(24-13(3)23-17)26-19-15(21)5-4-6-16(19)22/h4-10H,1-3H3,(H,25,27)(H,23,24,26). The molecule has 0 aliphatic heterocycles. The van der Waals surface area contributed by atoms with Gasteiger partial charge in [-0.05, 0) is 56.2 Å².